The van der Waals surface area contributed by atoms with Crippen LogP contribution in [0.15, 0.2) is 12.3 Å². The van der Waals surface area contributed by atoms with E-state index in [-0.39, 0.29) is 0 Å². The van der Waals surface area contributed by atoms with Crippen molar-refractivity contribution in [3.63, 3.8) is 0 Å². The highest BCUT2D eigenvalue weighted by Gasteiger charge is 2.11. The molecule has 1 aromatic heterocycles. The molecule has 2 nitrogen and oxygen atoms in total. The van der Waals surface area contributed by atoms with Crippen molar-refractivity contribution in [1.29, 1.82) is 0 Å². The molecular formula is C9H10F2NO. The van der Waals surface area contributed by atoms with Crippen molar-refractivity contribution in [2.75, 3.05) is 13.3 Å². The maximum absolute atomic E-state index is 12.1. The molecule has 0 saturated carbocycles. The topological polar surface area (TPSA) is 22.1 Å². The highest BCUT2D eigenvalue weighted by atomic mass is 19.1. The lowest BCUT2D eigenvalue weighted by Gasteiger charge is -2.12. The number of aryl methyl sites for hydroxylation is 1. The zero-order chi connectivity index (χ0) is 9.68. The van der Waals surface area contributed by atoms with Crippen LogP contribution in [0.25, 0.3) is 0 Å². The molecule has 1 heterocycles. The first kappa shape index (κ1) is 9.89. The largest absolute Gasteiger partial charge is 0.482 e. The van der Waals surface area contributed by atoms with Crippen molar-refractivity contribution in [3.05, 3.63) is 24.0 Å². The predicted octanol–water partition coefficient (Wildman–Crippen LogP) is 1.88. The first-order valence-corrected chi connectivity index (χ1v) is 3.89. The summed E-state index contributed by atoms with van der Waals surface area (Å²) in [6.07, 6.45) is 0.501. The zero-order valence-corrected chi connectivity index (χ0v) is 7.26. The van der Waals surface area contributed by atoms with Crippen molar-refractivity contribution in [2.45, 2.75) is 13.0 Å². The Morgan fingerprint density at radius 1 is 1.54 bits per heavy atom. The van der Waals surface area contributed by atoms with Gasteiger partial charge in [0.15, 0.2) is 6.10 Å². The van der Waals surface area contributed by atoms with Crippen molar-refractivity contribution in [2.24, 2.45) is 0 Å². The van der Waals surface area contributed by atoms with E-state index in [0.29, 0.717) is 11.4 Å². The minimum absolute atomic E-state index is 0.308. The summed E-state index contributed by atoms with van der Waals surface area (Å²) in [5.74, 6) is 0.308. The molecule has 4 heteroatoms. The van der Waals surface area contributed by atoms with E-state index in [1.54, 1.807) is 13.1 Å². The van der Waals surface area contributed by atoms with E-state index in [1.165, 1.54) is 6.07 Å². The van der Waals surface area contributed by atoms with Crippen LogP contribution < -0.4 is 4.74 Å². The Labute approximate surface area is 75.6 Å². The Morgan fingerprint density at radius 2 is 2.23 bits per heavy atom. The van der Waals surface area contributed by atoms with E-state index < -0.39 is 19.5 Å². The van der Waals surface area contributed by atoms with E-state index in [9.17, 15) is 8.78 Å². The molecule has 0 amide bonds. The average Bonchev–Trinajstić information content (AvgIpc) is 2.17. The Bertz CT molecular complexity index is 264. The number of alkyl halides is 2. The Morgan fingerprint density at radius 3 is 2.77 bits per heavy atom. The van der Waals surface area contributed by atoms with Gasteiger partial charge in [-0.25, -0.2) is 8.78 Å². The van der Waals surface area contributed by atoms with Crippen LogP contribution in [0.3, 0.4) is 0 Å². The van der Waals surface area contributed by atoms with Crippen LogP contribution in [-0.4, -0.2) is 24.4 Å². The molecule has 1 radical (unpaired) electrons. The fourth-order valence-corrected chi connectivity index (χ4v) is 0.815. The number of ether oxygens (including phenoxy) is 1. The second kappa shape index (κ2) is 4.74. The number of rotatable bonds is 4. The van der Waals surface area contributed by atoms with E-state index in [4.69, 9.17) is 4.74 Å². The summed E-state index contributed by atoms with van der Waals surface area (Å²) in [5.41, 5.74) is 0.578. The molecule has 0 fully saturated rings. The molecule has 0 aliphatic rings. The molecule has 0 atom stereocenters. The summed E-state index contributed by atoms with van der Waals surface area (Å²) in [7, 11) is 0. The molecule has 1 aromatic rings. The van der Waals surface area contributed by atoms with E-state index in [1.807, 2.05) is 0 Å². The van der Waals surface area contributed by atoms with Gasteiger partial charge >= 0.3 is 0 Å². The number of aromatic nitrogens is 1. The Kier molecular flexibility index (Phi) is 3.61. The quantitative estimate of drug-likeness (QED) is 0.716. The molecule has 71 valence electrons. The molecule has 0 spiro atoms. The third-order valence-electron chi connectivity index (χ3n) is 1.51. The van der Waals surface area contributed by atoms with Crippen molar-refractivity contribution in [1.82, 2.24) is 4.98 Å². The van der Waals surface area contributed by atoms with Gasteiger partial charge in [-0.1, -0.05) is 0 Å². The molecule has 0 N–H and O–H groups in total. The Balaban J connectivity index is 2.67. The maximum Gasteiger partial charge on any atom is 0.155 e. The van der Waals surface area contributed by atoms with Gasteiger partial charge in [-0.05, 0) is 13.0 Å². The highest BCUT2D eigenvalue weighted by molar-refractivity contribution is 5.24. The van der Waals surface area contributed by atoms with Gasteiger partial charge in [0, 0.05) is 12.3 Å². The summed E-state index contributed by atoms with van der Waals surface area (Å²) in [5, 5.41) is 0. The molecule has 0 aliphatic carbocycles. The van der Waals surface area contributed by atoms with Gasteiger partial charge in [-0.15, -0.1) is 0 Å². The second-order valence-corrected chi connectivity index (χ2v) is 2.55. The van der Waals surface area contributed by atoms with Crippen LogP contribution in [-0.2, 0) is 0 Å². The standard InChI is InChI=1S/C9H10F2NO/c1-7-9(3-2-4-12-7)13-8(5-10)6-11/h2,4,8H,5-6H2,1H3. The molecule has 0 aliphatic heterocycles. The van der Waals surface area contributed by atoms with Gasteiger partial charge in [-0.3, -0.25) is 4.98 Å². The molecule has 0 saturated heterocycles. The third kappa shape index (κ3) is 2.65. The number of hydrogen-bond donors (Lipinski definition) is 0. The molecule has 0 aromatic carbocycles. The van der Waals surface area contributed by atoms with E-state index in [2.05, 4.69) is 11.1 Å². The summed E-state index contributed by atoms with van der Waals surface area (Å²) in [6, 6.07) is 4.26. The average molecular weight is 186 g/mol. The third-order valence-corrected chi connectivity index (χ3v) is 1.51. The maximum atomic E-state index is 12.1. The van der Waals surface area contributed by atoms with Gasteiger partial charge < -0.3 is 4.74 Å². The summed E-state index contributed by atoms with van der Waals surface area (Å²) in [6.45, 7) is -0.00327. The molecule has 0 unspecified atom stereocenters. The highest BCUT2D eigenvalue weighted by Crippen LogP contribution is 2.14. The van der Waals surface area contributed by atoms with Gasteiger partial charge in [0.25, 0.3) is 0 Å². The van der Waals surface area contributed by atoms with E-state index >= 15 is 0 Å². The second-order valence-electron chi connectivity index (χ2n) is 2.55. The lowest BCUT2D eigenvalue weighted by atomic mass is 10.3. The van der Waals surface area contributed by atoms with Crippen LogP contribution in [0.1, 0.15) is 5.69 Å². The molecule has 1 rings (SSSR count). The first-order chi connectivity index (χ1) is 6.27. The van der Waals surface area contributed by atoms with Gasteiger partial charge in [-0.2, -0.15) is 0 Å². The van der Waals surface area contributed by atoms with Crippen LogP contribution in [0.5, 0.6) is 5.75 Å². The minimum atomic E-state index is -1.04. The number of hydrogen-bond acceptors (Lipinski definition) is 2. The van der Waals surface area contributed by atoms with Crippen LogP contribution in [0.4, 0.5) is 8.78 Å². The van der Waals surface area contributed by atoms with Crippen molar-refractivity contribution in [3.8, 4) is 5.75 Å². The number of pyridine rings is 1. The van der Waals surface area contributed by atoms with Gasteiger partial charge in [0.2, 0.25) is 0 Å². The van der Waals surface area contributed by atoms with Crippen LogP contribution in [0, 0.1) is 13.0 Å². The summed E-state index contributed by atoms with van der Waals surface area (Å²) < 4.78 is 29.1. The fraction of sp³-hybridized carbons (Fsp3) is 0.444. The fourth-order valence-electron chi connectivity index (χ4n) is 0.815. The normalized spacial score (nSPS) is 10.5. The smallest absolute Gasteiger partial charge is 0.155 e. The lowest BCUT2D eigenvalue weighted by molar-refractivity contribution is 0.132. The molecule has 0 bridgehead atoms. The lowest BCUT2D eigenvalue weighted by Crippen LogP contribution is -2.21. The van der Waals surface area contributed by atoms with Crippen molar-refractivity contribution >= 4 is 0 Å². The zero-order valence-electron chi connectivity index (χ0n) is 7.26. The molecular weight excluding hydrogens is 176 g/mol. The summed E-state index contributed by atoms with van der Waals surface area (Å²) >= 11 is 0. The van der Waals surface area contributed by atoms with Crippen molar-refractivity contribution < 1.29 is 13.5 Å². The predicted molar refractivity (Wildman–Crippen MR) is 44.2 cm³/mol. The monoisotopic (exact) mass is 186 g/mol. The first-order valence-electron chi connectivity index (χ1n) is 3.89. The van der Waals surface area contributed by atoms with Crippen LogP contribution >= 0.6 is 0 Å². The van der Waals surface area contributed by atoms with Gasteiger partial charge in [0.05, 0.1) is 5.69 Å². The molecule has 13 heavy (non-hydrogen) atoms. The van der Waals surface area contributed by atoms with E-state index in [0.717, 1.165) is 0 Å². The number of halogens is 2. The van der Waals surface area contributed by atoms with Gasteiger partial charge in [0.1, 0.15) is 19.1 Å². The summed E-state index contributed by atoms with van der Waals surface area (Å²) in [4.78, 5) is 3.90. The van der Waals surface area contributed by atoms with Crippen LogP contribution in [0.2, 0.25) is 0 Å². The Hall–Kier alpha value is -1.19. The SMILES string of the molecule is Cc1ncc[c]c1OC(CF)CF. The minimum Gasteiger partial charge on any atom is -0.482 e. The number of nitrogens with zero attached hydrogens (tertiary/aromatic N) is 1.